The molecule has 0 aliphatic heterocycles. The Labute approximate surface area is 118 Å². The average molecular weight is 333 g/mol. The van der Waals surface area contributed by atoms with Gasteiger partial charge < -0.3 is 11.1 Å². The number of nitrogens with two attached hydrogens (primary N) is 1. The van der Waals surface area contributed by atoms with Crippen LogP contribution in [0.1, 0.15) is 19.8 Å². The highest BCUT2D eigenvalue weighted by molar-refractivity contribution is 9.10. The summed E-state index contributed by atoms with van der Waals surface area (Å²) in [6.07, 6.45) is 1.95. The normalized spacial score (nSPS) is 12.1. The Bertz CT molecular complexity index is 452. The Kier molecular flexibility index (Phi) is 6.35. The number of halogens is 1. The van der Waals surface area contributed by atoms with Gasteiger partial charge in [-0.2, -0.15) is 0 Å². The molecule has 0 aliphatic carbocycles. The molecule has 6 heteroatoms. The number of rotatable bonds is 6. The van der Waals surface area contributed by atoms with E-state index in [1.165, 1.54) is 0 Å². The van der Waals surface area contributed by atoms with Crippen LogP contribution < -0.4 is 11.1 Å². The molecule has 0 aliphatic rings. The van der Waals surface area contributed by atoms with E-state index in [1.807, 2.05) is 6.92 Å². The fourth-order valence-electron chi connectivity index (χ4n) is 1.38. The van der Waals surface area contributed by atoms with Crippen LogP contribution in [0.4, 0.5) is 5.69 Å². The molecule has 4 nitrogen and oxygen atoms in total. The third-order valence-electron chi connectivity index (χ3n) is 2.33. The molecule has 0 radical (unpaired) electrons. The van der Waals surface area contributed by atoms with E-state index in [-0.39, 0.29) is 11.7 Å². The van der Waals surface area contributed by atoms with Crippen molar-refractivity contribution in [1.29, 1.82) is 0 Å². The molecule has 0 spiro atoms. The molecule has 1 aromatic carbocycles. The van der Waals surface area contributed by atoms with Crippen LogP contribution in [0.15, 0.2) is 27.6 Å². The van der Waals surface area contributed by atoms with Gasteiger partial charge in [-0.15, -0.1) is 0 Å². The van der Waals surface area contributed by atoms with Gasteiger partial charge in [-0.05, 0) is 24.6 Å². The van der Waals surface area contributed by atoms with Gasteiger partial charge >= 0.3 is 0 Å². The first-order chi connectivity index (χ1) is 8.54. The molecule has 0 fully saturated rings. The van der Waals surface area contributed by atoms with E-state index >= 15 is 0 Å². The number of hydrogen-bond donors (Lipinski definition) is 2. The van der Waals surface area contributed by atoms with Gasteiger partial charge in [-0.1, -0.05) is 29.3 Å². The number of carbonyl (C=O) groups is 1. The van der Waals surface area contributed by atoms with E-state index < -0.39 is 10.8 Å². The Balaban J connectivity index is 2.57. The van der Waals surface area contributed by atoms with Gasteiger partial charge in [0.15, 0.2) is 0 Å². The van der Waals surface area contributed by atoms with Crippen LogP contribution in [0.3, 0.4) is 0 Å². The predicted octanol–water partition coefficient (Wildman–Crippen LogP) is 2.06. The smallest absolute Gasteiger partial charge is 0.233 e. The van der Waals surface area contributed by atoms with E-state index in [9.17, 15) is 9.00 Å². The minimum absolute atomic E-state index is 0.0461. The van der Waals surface area contributed by atoms with Gasteiger partial charge in [0.05, 0.1) is 15.7 Å². The molecule has 1 atom stereocenters. The largest absolute Gasteiger partial charge is 0.398 e. The maximum atomic E-state index is 12.0. The Morgan fingerprint density at radius 1 is 1.50 bits per heavy atom. The zero-order valence-electron chi connectivity index (χ0n) is 10.2. The molecule has 1 rings (SSSR count). The van der Waals surface area contributed by atoms with Crippen LogP contribution in [0.5, 0.6) is 0 Å². The highest BCUT2D eigenvalue weighted by atomic mass is 79.9. The number of carbonyl (C=O) groups excluding carboxylic acids is 1. The van der Waals surface area contributed by atoms with Crippen molar-refractivity contribution >= 4 is 38.3 Å². The summed E-state index contributed by atoms with van der Waals surface area (Å²) in [6, 6.07) is 5.12. The highest BCUT2D eigenvalue weighted by Crippen LogP contribution is 2.21. The first-order valence-corrected chi connectivity index (χ1v) is 7.86. The van der Waals surface area contributed by atoms with Crippen LogP contribution in [0, 0.1) is 0 Å². The second-order valence-electron chi connectivity index (χ2n) is 3.88. The molecule has 0 aromatic heterocycles. The quantitative estimate of drug-likeness (QED) is 0.618. The zero-order valence-corrected chi connectivity index (χ0v) is 12.6. The minimum atomic E-state index is -1.40. The van der Waals surface area contributed by atoms with Crippen molar-refractivity contribution in [2.24, 2.45) is 0 Å². The third-order valence-corrected chi connectivity index (χ3v) is 4.21. The summed E-state index contributed by atoms with van der Waals surface area (Å²) in [5.41, 5.74) is 6.20. The number of benzene rings is 1. The minimum Gasteiger partial charge on any atom is -0.398 e. The average Bonchev–Trinajstić information content (AvgIpc) is 2.28. The van der Waals surface area contributed by atoms with Crippen molar-refractivity contribution in [3.8, 4) is 0 Å². The first kappa shape index (κ1) is 15.2. The lowest BCUT2D eigenvalue weighted by molar-refractivity contribution is -0.118. The summed E-state index contributed by atoms with van der Waals surface area (Å²) in [5, 5.41) is 2.73. The van der Waals surface area contributed by atoms with Crippen LogP contribution in [0.2, 0.25) is 0 Å². The Morgan fingerprint density at radius 3 is 2.83 bits per heavy atom. The van der Waals surface area contributed by atoms with Gasteiger partial charge in [-0.3, -0.25) is 9.00 Å². The van der Waals surface area contributed by atoms with E-state index in [0.717, 1.165) is 17.3 Å². The molecule has 3 N–H and O–H groups in total. The van der Waals surface area contributed by atoms with Gasteiger partial charge in [0.25, 0.3) is 0 Å². The third kappa shape index (κ3) is 4.78. The fourth-order valence-corrected chi connectivity index (χ4v) is 2.80. The van der Waals surface area contributed by atoms with Crippen LogP contribution in [-0.4, -0.2) is 22.4 Å². The monoisotopic (exact) mass is 332 g/mol. The number of nitrogens with one attached hydrogen (secondary N) is 1. The summed E-state index contributed by atoms with van der Waals surface area (Å²) < 4.78 is 12.8. The van der Waals surface area contributed by atoms with Gasteiger partial charge in [0, 0.05) is 16.7 Å². The Hall–Kier alpha value is -0.880. The summed E-state index contributed by atoms with van der Waals surface area (Å²) in [4.78, 5) is 12.0. The molecule has 1 aromatic rings. The van der Waals surface area contributed by atoms with E-state index in [4.69, 9.17) is 5.73 Å². The topological polar surface area (TPSA) is 72.2 Å². The van der Waals surface area contributed by atoms with E-state index in [1.54, 1.807) is 18.2 Å². The molecule has 1 unspecified atom stereocenters. The second-order valence-corrected chi connectivity index (χ2v) is 6.21. The highest BCUT2D eigenvalue weighted by Gasteiger charge is 2.12. The molecule has 0 bridgehead atoms. The van der Waals surface area contributed by atoms with Crippen LogP contribution >= 0.6 is 15.9 Å². The first-order valence-electron chi connectivity index (χ1n) is 5.74. The van der Waals surface area contributed by atoms with Crippen molar-refractivity contribution in [1.82, 2.24) is 5.32 Å². The van der Waals surface area contributed by atoms with Crippen molar-refractivity contribution < 1.29 is 9.00 Å². The molecular weight excluding hydrogens is 316 g/mol. The Morgan fingerprint density at radius 2 is 2.22 bits per heavy atom. The number of hydrogen-bond acceptors (Lipinski definition) is 3. The molecule has 18 heavy (non-hydrogen) atoms. The summed E-state index contributed by atoms with van der Waals surface area (Å²) in [5.74, 6) is -0.251. The van der Waals surface area contributed by atoms with Gasteiger partial charge in [0.2, 0.25) is 5.91 Å². The molecule has 0 saturated carbocycles. The number of unbranched alkanes of at least 4 members (excludes halogenated alkanes) is 1. The lowest BCUT2D eigenvalue weighted by atomic mass is 10.3. The van der Waals surface area contributed by atoms with Crippen molar-refractivity contribution in [3.05, 3.63) is 22.7 Å². The predicted molar refractivity (Wildman–Crippen MR) is 77.7 cm³/mol. The lowest BCUT2D eigenvalue weighted by Gasteiger charge is -2.07. The van der Waals surface area contributed by atoms with E-state index in [0.29, 0.717) is 17.1 Å². The van der Waals surface area contributed by atoms with E-state index in [2.05, 4.69) is 21.2 Å². The SMILES string of the molecule is CCCCNC(=O)CS(=O)c1ccc(Br)cc1N. The molecule has 100 valence electrons. The zero-order chi connectivity index (χ0) is 13.5. The molecule has 0 heterocycles. The second kappa shape index (κ2) is 7.53. The molecular formula is C12H17BrN2O2S. The molecule has 1 amide bonds. The van der Waals surface area contributed by atoms with Gasteiger partial charge in [0.1, 0.15) is 5.75 Å². The number of nitrogen functional groups attached to an aromatic ring is 1. The van der Waals surface area contributed by atoms with Gasteiger partial charge in [-0.25, -0.2) is 0 Å². The van der Waals surface area contributed by atoms with Crippen LogP contribution in [-0.2, 0) is 15.6 Å². The maximum absolute atomic E-state index is 12.0. The summed E-state index contributed by atoms with van der Waals surface area (Å²) in [6.45, 7) is 2.68. The van der Waals surface area contributed by atoms with Crippen LogP contribution in [0.25, 0.3) is 0 Å². The standard InChI is InChI=1S/C12H17BrN2O2S/c1-2-3-6-15-12(16)8-18(17)11-5-4-9(13)7-10(11)14/h4-5,7H,2-3,6,8,14H2,1H3,(H,15,16). The van der Waals surface area contributed by atoms with Crippen molar-refractivity contribution in [2.45, 2.75) is 24.7 Å². The lowest BCUT2D eigenvalue weighted by Crippen LogP contribution is -2.29. The maximum Gasteiger partial charge on any atom is 0.233 e. The fraction of sp³-hybridized carbons (Fsp3) is 0.417. The van der Waals surface area contributed by atoms with Crippen molar-refractivity contribution in [3.63, 3.8) is 0 Å². The summed E-state index contributed by atoms with van der Waals surface area (Å²) >= 11 is 3.28. The van der Waals surface area contributed by atoms with Crippen molar-refractivity contribution in [2.75, 3.05) is 18.0 Å². The molecule has 0 saturated heterocycles. The summed E-state index contributed by atoms with van der Waals surface area (Å²) in [7, 11) is -1.40. The number of amides is 1. The number of anilines is 1.